The first-order valence-corrected chi connectivity index (χ1v) is 3.42. The molecule has 1 rings (SSSR count). The third-order valence-corrected chi connectivity index (χ3v) is 1.35. The third kappa shape index (κ3) is 2.18. The van der Waals surface area contributed by atoms with E-state index in [1.807, 2.05) is 0 Å². The van der Waals surface area contributed by atoms with Gasteiger partial charge in [0.1, 0.15) is 0 Å². The molecule has 0 amide bonds. The number of hydrogen-bond acceptors (Lipinski definition) is 4. The van der Waals surface area contributed by atoms with Gasteiger partial charge in [0.25, 0.3) is 0 Å². The largest absolute Gasteiger partial charge is 0.463 e. The van der Waals surface area contributed by atoms with Crippen molar-refractivity contribution < 1.29 is 22.7 Å². The average molecular weight is 206 g/mol. The van der Waals surface area contributed by atoms with E-state index in [-0.39, 0.29) is 0 Å². The minimum absolute atomic E-state index is 0.402. The molecule has 0 aliphatic rings. The quantitative estimate of drug-likeness (QED) is 0.649. The summed E-state index contributed by atoms with van der Waals surface area (Å²) < 4.78 is 40.2. The average Bonchev–Trinajstić information content (AvgIpc) is 2.15. The Hall–Kier alpha value is -1.66. The normalized spacial score (nSPS) is 11.1. The number of carbonyl (C=O) groups excluding carboxylic acids is 1. The lowest BCUT2D eigenvalue weighted by Gasteiger charge is -2.04. The van der Waals surface area contributed by atoms with E-state index >= 15 is 0 Å². The van der Waals surface area contributed by atoms with Crippen LogP contribution in [-0.4, -0.2) is 23.0 Å². The topological polar surface area (TPSA) is 52.1 Å². The fourth-order valence-electron chi connectivity index (χ4n) is 0.671. The SMILES string of the molecule is COC(=O)c1ncc(C(F)(F)F)cn1. The zero-order valence-electron chi connectivity index (χ0n) is 7.00. The number of aromatic nitrogens is 2. The predicted octanol–water partition coefficient (Wildman–Crippen LogP) is 1.28. The molecular weight excluding hydrogens is 201 g/mol. The first kappa shape index (κ1) is 10.4. The van der Waals surface area contributed by atoms with E-state index in [4.69, 9.17) is 0 Å². The molecule has 0 unspecified atom stereocenters. The van der Waals surface area contributed by atoms with Gasteiger partial charge < -0.3 is 4.74 Å². The maximum atomic E-state index is 12.0. The molecule has 0 saturated carbocycles. The van der Waals surface area contributed by atoms with Crippen molar-refractivity contribution in [2.45, 2.75) is 6.18 Å². The van der Waals surface area contributed by atoms with E-state index in [0.29, 0.717) is 12.4 Å². The van der Waals surface area contributed by atoms with Gasteiger partial charge in [0, 0.05) is 12.4 Å². The molecule has 0 aliphatic heterocycles. The molecular formula is C7H5F3N2O2. The molecule has 0 spiro atoms. The molecule has 1 aromatic heterocycles. The van der Waals surface area contributed by atoms with Crippen LogP contribution < -0.4 is 0 Å². The van der Waals surface area contributed by atoms with Crippen molar-refractivity contribution in [2.75, 3.05) is 7.11 Å². The Bertz CT molecular complexity index is 334. The van der Waals surface area contributed by atoms with Crippen molar-refractivity contribution >= 4 is 5.97 Å². The summed E-state index contributed by atoms with van der Waals surface area (Å²) in [4.78, 5) is 17.2. The van der Waals surface area contributed by atoms with E-state index in [0.717, 1.165) is 7.11 Å². The first-order valence-electron chi connectivity index (χ1n) is 3.42. The molecule has 76 valence electrons. The Balaban J connectivity index is 2.95. The fraction of sp³-hybridized carbons (Fsp3) is 0.286. The van der Waals surface area contributed by atoms with E-state index < -0.39 is 23.5 Å². The van der Waals surface area contributed by atoms with Crippen LogP contribution in [0.5, 0.6) is 0 Å². The molecule has 0 aromatic carbocycles. The highest BCUT2D eigenvalue weighted by Crippen LogP contribution is 2.27. The Labute approximate surface area is 76.7 Å². The van der Waals surface area contributed by atoms with Crippen molar-refractivity contribution in [3.05, 3.63) is 23.8 Å². The summed E-state index contributed by atoms with van der Waals surface area (Å²) in [6, 6.07) is 0. The van der Waals surface area contributed by atoms with Gasteiger partial charge in [-0.15, -0.1) is 0 Å². The highest BCUT2D eigenvalue weighted by molar-refractivity contribution is 5.84. The lowest BCUT2D eigenvalue weighted by atomic mass is 10.3. The summed E-state index contributed by atoms with van der Waals surface area (Å²) in [6.07, 6.45) is -3.45. The van der Waals surface area contributed by atoms with Gasteiger partial charge in [0.15, 0.2) is 0 Å². The highest BCUT2D eigenvalue weighted by Gasteiger charge is 2.31. The van der Waals surface area contributed by atoms with Crippen LogP contribution >= 0.6 is 0 Å². The molecule has 7 heteroatoms. The highest BCUT2D eigenvalue weighted by atomic mass is 19.4. The summed E-state index contributed by atoms with van der Waals surface area (Å²) in [6.45, 7) is 0. The molecule has 0 N–H and O–H groups in total. The van der Waals surface area contributed by atoms with Crippen LogP contribution in [0.2, 0.25) is 0 Å². The standard InChI is InChI=1S/C7H5F3N2O2/c1-14-6(13)5-11-2-4(3-12-5)7(8,9)10/h2-3H,1H3. The van der Waals surface area contributed by atoms with E-state index in [1.54, 1.807) is 0 Å². The van der Waals surface area contributed by atoms with Crippen LogP contribution in [0.25, 0.3) is 0 Å². The molecule has 14 heavy (non-hydrogen) atoms. The molecule has 1 aromatic rings. The maximum absolute atomic E-state index is 12.0. The Morgan fingerprint density at radius 1 is 1.36 bits per heavy atom. The molecule has 1 heterocycles. The second-order valence-corrected chi connectivity index (χ2v) is 2.28. The Morgan fingerprint density at radius 2 is 1.86 bits per heavy atom. The lowest BCUT2D eigenvalue weighted by molar-refractivity contribution is -0.138. The van der Waals surface area contributed by atoms with Crippen molar-refractivity contribution in [3.8, 4) is 0 Å². The van der Waals surface area contributed by atoms with Gasteiger partial charge in [0.2, 0.25) is 5.82 Å². The van der Waals surface area contributed by atoms with Gasteiger partial charge in [-0.3, -0.25) is 0 Å². The van der Waals surface area contributed by atoms with Crippen LogP contribution in [0.3, 0.4) is 0 Å². The molecule has 4 nitrogen and oxygen atoms in total. The summed E-state index contributed by atoms with van der Waals surface area (Å²) in [5.74, 6) is -1.28. The van der Waals surface area contributed by atoms with E-state index in [9.17, 15) is 18.0 Å². The summed E-state index contributed by atoms with van der Waals surface area (Å²) in [7, 11) is 1.09. The van der Waals surface area contributed by atoms with Crippen LogP contribution in [0, 0.1) is 0 Å². The summed E-state index contributed by atoms with van der Waals surface area (Å²) in [5, 5.41) is 0. The zero-order valence-corrected chi connectivity index (χ0v) is 7.00. The van der Waals surface area contributed by atoms with Crippen molar-refractivity contribution in [1.82, 2.24) is 9.97 Å². The van der Waals surface area contributed by atoms with Gasteiger partial charge >= 0.3 is 12.1 Å². The van der Waals surface area contributed by atoms with Gasteiger partial charge in [-0.2, -0.15) is 13.2 Å². The second-order valence-electron chi connectivity index (χ2n) is 2.28. The molecule has 0 aliphatic carbocycles. The van der Waals surface area contributed by atoms with Crippen LogP contribution in [0.4, 0.5) is 13.2 Å². The second kappa shape index (κ2) is 3.60. The van der Waals surface area contributed by atoms with Crippen LogP contribution in [0.1, 0.15) is 16.2 Å². The number of carbonyl (C=O) groups is 1. The van der Waals surface area contributed by atoms with Gasteiger partial charge in [0.05, 0.1) is 12.7 Å². The molecule has 0 saturated heterocycles. The Morgan fingerprint density at radius 3 is 2.21 bits per heavy atom. The minimum Gasteiger partial charge on any atom is -0.463 e. The van der Waals surface area contributed by atoms with Crippen LogP contribution in [0.15, 0.2) is 12.4 Å². The van der Waals surface area contributed by atoms with E-state index in [2.05, 4.69) is 14.7 Å². The number of hydrogen-bond donors (Lipinski definition) is 0. The van der Waals surface area contributed by atoms with Crippen molar-refractivity contribution in [3.63, 3.8) is 0 Å². The van der Waals surface area contributed by atoms with Crippen molar-refractivity contribution in [2.24, 2.45) is 0 Å². The zero-order chi connectivity index (χ0) is 10.8. The lowest BCUT2D eigenvalue weighted by Crippen LogP contribution is -2.11. The van der Waals surface area contributed by atoms with Gasteiger partial charge in [-0.05, 0) is 0 Å². The number of rotatable bonds is 1. The molecule has 0 bridgehead atoms. The van der Waals surface area contributed by atoms with Crippen molar-refractivity contribution in [1.29, 1.82) is 0 Å². The maximum Gasteiger partial charge on any atom is 0.419 e. The summed E-state index contributed by atoms with van der Waals surface area (Å²) >= 11 is 0. The third-order valence-electron chi connectivity index (χ3n) is 1.35. The number of nitrogens with zero attached hydrogens (tertiary/aromatic N) is 2. The minimum atomic E-state index is -4.51. The smallest absolute Gasteiger partial charge is 0.419 e. The van der Waals surface area contributed by atoms with Gasteiger partial charge in [-0.25, -0.2) is 14.8 Å². The number of alkyl halides is 3. The number of methoxy groups -OCH3 is 1. The first-order chi connectivity index (χ1) is 6.45. The number of ether oxygens (including phenoxy) is 1. The number of halogens is 3. The molecule has 0 atom stereocenters. The Kier molecular flexibility index (Phi) is 2.68. The molecule has 0 radical (unpaired) electrons. The molecule has 0 fully saturated rings. The monoisotopic (exact) mass is 206 g/mol. The fourth-order valence-corrected chi connectivity index (χ4v) is 0.671. The van der Waals surface area contributed by atoms with Gasteiger partial charge in [-0.1, -0.05) is 0 Å². The van der Waals surface area contributed by atoms with E-state index in [1.165, 1.54) is 0 Å². The summed E-state index contributed by atoms with van der Waals surface area (Å²) in [5.41, 5.74) is -1.01. The predicted molar refractivity (Wildman–Crippen MR) is 38.4 cm³/mol. The van der Waals surface area contributed by atoms with Crippen LogP contribution in [-0.2, 0) is 10.9 Å². The number of esters is 1.